The molecule has 0 bridgehead atoms. The lowest BCUT2D eigenvalue weighted by Crippen LogP contribution is -2.31. The second kappa shape index (κ2) is 5.50. The summed E-state index contributed by atoms with van der Waals surface area (Å²) in [7, 11) is 0. The van der Waals surface area contributed by atoms with Crippen LogP contribution in [0.3, 0.4) is 0 Å². The van der Waals surface area contributed by atoms with E-state index in [1.165, 1.54) is 0 Å². The lowest BCUT2D eigenvalue weighted by atomic mass is 10.1. The maximum absolute atomic E-state index is 8.49. The lowest BCUT2D eigenvalue weighted by Gasteiger charge is -2.10. The van der Waals surface area contributed by atoms with Crippen LogP contribution in [0.1, 0.15) is 23.9 Å². The number of nitrogens with one attached hydrogen (secondary N) is 1. The van der Waals surface area contributed by atoms with Crippen molar-refractivity contribution in [3.63, 3.8) is 0 Å². The Morgan fingerprint density at radius 3 is 2.81 bits per heavy atom. The zero-order valence-corrected chi connectivity index (χ0v) is 9.82. The van der Waals surface area contributed by atoms with Crippen molar-refractivity contribution < 1.29 is 9.73 Å². The van der Waals surface area contributed by atoms with Gasteiger partial charge in [0.15, 0.2) is 0 Å². The molecule has 90 valence electrons. The van der Waals surface area contributed by atoms with E-state index in [4.69, 9.17) is 15.5 Å². The molecular weight excluding hydrogens is 208 g/mol. The summed E-state index contributed by atoms with van der Waals surface area (Å²) < 4.78 is 5.04. The van der Waals surface area contributed by atoms with Gasteiger partial charge in [0.25, 0.3) is 0 Å². The molecule has 0 saturated heterocycles. The first-order valence-electron chi connectivity index (χ1n) is 5.16. The van der Waals surface area contributed by atoms with Gasteiger partial charge in [-0.2, -0.15) is 0 Å². The Hall–Kier alpha value is -1.56. The number of oxime groups is 1. The second-order valence-electron chi connectivity index (χ2n) is 3.86. The molecular formula is C10H18N4O2. The van der Waals surface area contributed by atoms with Gasteiger partial charge < -0.3 is 20.8 Å². The van der Waals surface area contributed by atoms with Crippen LogP contribution in [0, 0.1) is 19.8 Å². The summed E-state index contributed by atoms with van der Waals surface area (Å²) in [4.78, 5) is 0. The highest BCUT2D eigenvalue weighted by molar-refractivity contribution is 5.82. The summed E-state index contributed by atoms with van der Waals surface area (Å²) in [6.07, 6.45) is 0. The van der Waals surface area contributed by atoms with Crippen molar-refractivity contribution in [1.82, 2.24) is 10.5 Å². The van der Waals surface area contributed by atoms with Gasteiger partial charge in [0.2, 0.25) is 0 Å². The number of aromatic nitrogens is 1. The third-order valence-electron chi connectivity index (χ3n) is 2.55. The first kappa shape index (κ1) is 12.5. The standard InChI is InChI=1S/C10H18N4O2/c1-6(10(11)13-15)4-12-5-9-7(2)14-16-8(9)3/h6,12,15H,4-5H2,1-3H3,(H2,11,13). The Labute approximate surface area is 94.5 Å². The van der Waals surface area contributed by atoms with Gasteiger partial charge in [-0.15, -0.1) is 0 Å². The van der Waals surface area contributed by atoms with Crippen LogP contribution in [0.15, 0.2) is 9.68 Å². The highest BCUT2D eigenvalue weighted by atomic mass is 16.5. The van der Waals surface area contributed by atoms with Crippen LogP contribution in [0.5, 0.6) is 0 Å². The Morgan fingerprint density at radius 2 is 2.31 bits per heavy atom. The monoisotopic (exact) mass is 226 g/mol. The third-order valence-corrected chi connectivity index (χ3v) is 2.55. The predicted molar refractivity (Wildman–Crippen MR) is 60.3 cm³/mol. The van der Waals surface area contributed by atoms with Gasteiger partial charge in [0.05, 0.1) is 5.69 Å². The van der Waals surface area contributed by atoms with Gasteiger partial charge in [0, 0.05) is 24.6 Å². The van der Waals surface area contributed by atoms with Gasteiger partial charge in [-0.05, 0) is 13.8 Å². The van der Waals surface area contributed by atoms with Crippen LogP contribution in [0.4, 0.5) is 0 Å². The van der Waals surface area contributed by atoms with Crippen molar-refractivity contribution in [1.29, 1.82) is 0 Å². The molecule has 0 fully saturated rings. The highest BCUT2D eigenvalue weighted by Crippen LogP contribution is 2.11. The molecule has 1 atom stereocenters. The van der Waals surface area contributed by atoms with E-state index in [-0.39, 0.29) is 11.8 Å². The lowest BCUT2D eigenvalue weighted by molar-refractivity contribution is 0.314. The number of nitrogens with zero attached hydrogens (tertiary/aromatic N) is 2. The van der Waals surface area contributed by atoms with Crippen molar-refractivity contribution in [2.45, 2.75) is 27.3 Å². The summed E-state index contributed by atoms with van der Waals surface area (Å²) in [5.41, 5.74) is 7.42. The Bertz CT molecular complexity index is 353. The zero-order chi connectivity index (χ0) is 12.1. The molecule has 0 saturated carbocycles. The maximum Gasteiger partial charge on any atom is 0.143 e. The molecule has 1 rings (SSSR count). The molecule has 0 radical (unpaired) electrons. The van der Waals surface area contributed by atoms with Crippen molar-refractivity contribution >= 4 is 5.84 Å². The van der Waals surface area contributed by atoms with Gasteiger partial charge in [-0.25, -0.2) is 0 Å². The number of hydrogen-bond donors (Lipinski definition) is 3. The minimum absolute atomic E-state index is 0.00882. The van der Waals surface area contributed by atoms with Crippen molar-refractivity contribution in [3.05, 3.63) is 17.0 Å². The molecule has 0 spiro atoms. The SMILES string of the molecule is Cc1noc(C)c1CNCC(C)C(N)=NO. The number of rotatable bonds is 5. The molecule has 6 nitrogen and oxygen atoms in total. The Balaban J connectivity index is 2.42. The smallest absolute Gasteiger partial charge is 0.143 e. The predicted octanol–water partition coefficient (Wildman–Crippen LogP) is 0.764. The van der Waals surface area contributed by atoms with Crippen LogP contribution >= 0.6 is 0 Å². The van der Waals surface area contributed by atoms with E-state index in [0.717, 1.165) is 17.0 Å². The third kappa shape index (κ3) is 2.96. The highest BCUT2D eigenvalue weighted by Gasteiger charge is 2.10. The average Bonchev–Trinajstić information content (AvgIpc) is 2.59. The molecule has 4 N–H and O–H groups in total. The summed E-state index contributed by atoms with van der Waals surface area (Å²) in [6.45, 7) is 6.98. The number of nitrogens with two attached hydrogens (primary N) is 1. The van der Waals surface area contributed by atoms with Crippen LogP contribution < -0.4 is 11.1 Å². The summed E-state index contributed by atoms with van der Waals surface area (Å²) >= 11 is 0. The molecule has 1 heterocycles. The number of aryl methyl sites for hydroxylation is 2. The maximum atomic E-state index is 8.49. The molecule has 6 heteroatoms. The van der Waals surface area contributed by atoms with E-state index < -0.39 is 0 Å². The number of hydrogen-bond acceptors (Lipinski definition) is 5. The van der Waals surface area contributed by atoms with Crippen LogP contribution in [-0.2, 0) is 6.54 Å². The quantitative estimate of drug-likeness (QED) is 0.298. The van der Waals surface area contributed by atoms with E-state index >= 15 is 0 Å². The molecule has 16 heavy (non-hydrogen) atoms. The molecule has 1 aromatic heterocycles. The largest absolute Gasteiger partial charge is 0.409 e. The van der Waals surface area contributed by atoms with Crippen LogP contribution in [0.2, 0.25) is 0 Å². The second-order valence-corrected chi connectivity index (χ2v) is 3.86. The average molecular weight is 226 g/mol. The Morgan fingerprint density at radius 1 is 1.62 bits per heavy atom. The topological polar surface area (TPSA) is 96.7 Å². The fourth-order valence-corrected chi connectivity index (χ4v) is 1.37. The van der Waals surface area contributed by atoms with Gasteiger partial charge in [-0.1, -0.05) is 17.2 Å². The first-order valence-corrected chi connectivity index (χ1v) is 5.16. The molecule has 0 aliphatic rings. The molecule has 1 unspecified atom stereocenters. The summed E-state index contributed by atoms with van der Waals surface area (Å²) in [5, 5.41) is 18.5. The van der Waals surface area contributed by atoms with Crippen LogP contribution in [-0.4, -0.2) is 22.7 Å². The fourth-order valence-electron chi connectivity index (χ4n) is 1.37. The minimum Gasteiger partial charge on any atom is -0.409 e. The van der Waals surface area contributed by atoms with E-state index in [0.29, 0.717) is 13.1 Å². The molecule has 1 aromatic rings. The van der Waals surface area contributed by atoms with Crippen LogP contribution in [0.25, 0.3) is 0 Å². The normalized spacial score (nSPS) is 14.1. The molecule has 0 aliphatic carbocycles. The van der Waals surface area contributed by atoms with Crippen molar-refractivity contribution in [2.75, 3.05) is 6.54 Å². The minimum atomic E-state index is -0.00882. The molecule has 0 aromatic carbocycles. The fraction of sp³-hybridized carbons (Fsp3) is 0.600. The summed E-state index contributed by atoms with van der Waals surface area (Å²) in [6, 6.07) is 0. The molecule has 0 amide bonds. The summed E-state index contributed by atoms with van der Waals surface area (Å²) in [5.74, 6) is 1.04. The Kier molecular flexibility index (Phi) is 4.30. The van der Waals surface area contributed by atoms with Gasteiger partial charge in [0.1, 0.15) is 11.6 Å². The molecule has 0 aliphatic heterocycles. The van der Waals surface area contributed by atoms with Crippen molar-refractivity contribution in [3.8, 4) is 0 Å². The van der Waals surface area contributed by atoms with Gasteiger partial charge in [-0.3, -0.25) is 0 Å². The number of amidine groups is 1. The van der Waals surface area contributed by atoms with E-state index in [2.05, 4.69) is 15.6 Å². The zero-order valence-electron chi connectivity index (χ0n) is 9.82. The van der Waals surface area contributed by atoms with Gasteiger partial charge >= 0.3 is 0 Å². The van der Waals surface area contributed by atoms with E-state index in [1.807, 2.05) is 20.8 Å². The first-order chi connectivity index (χ1) is 7.56. The van der Waals surface area contributed by atoms with E-state index in [1.54, 1.807) is 0 Å². The van der Waals surface area contributed by atoms with Crippen molar-refractivity contribution in [2.24, 2.45) is 16.8 Å². The van der Waals surface area contributed by atoms with E-state index in [9.17, 15) is 0 Å².